The van der Waals surface area contributed by atoms with Crippen molar-refractivity contribution in [2.24, 2.45) is 0 Å². The van der Waals surface area contributed by atoms with Crippen LogP contribution in [-0.2, 0) is 16.0 Å². The molecule has 2 aromatic rings. The highest BCUT2D eigenvalue weighted by Crippen LogP contribution is 2.28. The van der Waals surface area contributed by atoms with Gasteiger partial charge < -0.3 is 9.80 Å². The Hall–Kier alpha value is -2.63. The van der Waals surface area contributed by atoms with Gasteiger partial charge in [-0.1, -0.05) is 18.2 Å². The summed E-state index contributed by atoms with van der Waals surface area (Å²) in [5.74, 6) is 0.0467. The zero-order chi connectivity index (χ0) is 18.3. The predicted octanol–water partition coefficient (Wildman–Crippen LogP) is 2.25. The summed E-state index contributed by atoms with van der Waals surface area (Å²) in [5, 5.41) is 4.56. The minimum atomic E-state index is 0.0130. The number of carbonyl (C=O) groups is 2. The Morgan fingerprint density at radius 3 is 2.81 bits per heavy atom. The van der Waals surface area contributed by atoms with Crippen LogP contribution >= 0.6 is 0 Å². The van der Waals surface area contributed by atoms with E-state index >= 15 is 0 Å². The Bertz CT molecular complexity index is 857. The van der Waals surface area contributed by atoms with Gasteiger partial charge in [0.25, 0.3) is 0 Å². The van der Waals surface area contributed by atoms with E-state index in [0.717, 1.165) is 35.5 Å². The summed E-state index contributed by atoms with van der Waals surface area (Å²) in [6.45, 7) is 5.53. The average Bonchev–Trinajstić information content (AvgIpc) is 3.23. The molecule has 0 bridgehead atoms. The SMILES string of the molecule is Cc1cc(C)n([C@H]2CCN(C(=O)CN3C(=O)CCc4ccccc43)C2)n1. The van der Waals surface area contributed by atoms with E-state index in [1.165, 1.54) is 0 Å². The van der Waals surface area contributed by atoms with Crippen LogP contribution in [0.1, 0.15) is 35.8 Å². The van der Waals surface area contributed by atoms with Crippen LogP contribution in [0.25, 0.3) is 0 Å². The van der Waals surface area contributed by atoms with Gasteiger partial charge in [-0.2, -0.15) is 5.10 Å². The molecule has 6 nitrogen and oxygen atoms in total. The van der Waals surface area contributed by atoms with Crippen molar-refractivity contribution < 1.29 is 9.59 Å². The average molecular weight is 352 g/mol. The molecule has 3 heterocycles. The van der Waals surface area contributed by atoms with Gasteiger partial charge in [-0.15, -0.1) is 0 Å². The van der Waals surface area contributed by atoms with Gasteiger partial charge >= 0.3 is 0 Å². The van der Waals surface area contributed by atoms with Crippen LogP contribution in [-0.4, -0.2) is 46.1 Å². The number of nitrogens with zero attached hydrogens (tertiary/aromatic N) is 4. The second-order valence-corrected chi connectivity index (χ2v) is 7.26. The molecule has 2 aliphatic rings. The molecule has 26 heavy (non-hydrogen) atoms. The maximum Gasteiger partial charge on any atom is 0.242 e. The smallest absolute Gasteiger partial charge is 0.242 e. The van der Waals surface area contributed by atoms with Crippen LogP contribution in [0.2, 0.25) is 0 Å². The van der Waals surface area contributed by atoms with Crippen LogP contribution in [0.15, 0.2) is 30.3 Å². The van der Waals surface area contributed by atoms with Crippen LogP contribution in [0, 0.1) is 13.8 Å². The molecule has 0 radical (unpaired) electrons. The number of carbonyl (C=O) groups excluding carboxylic acids is 2. The molecule has 1 saturated heterocycles. The summed E-state index contributed by atoms with van der Waals surface area (Å²) in [7, 11) is 0. The van der Waals surface area contributed by atoms with Gasteiger partial charge in [0.1, 0.15) is 6.54 Å². The molecule has 0 saturated carbocycles. The van der Waals surface area contributed by atoms with Crippen LogP contribution < -0.4 is 4.90 Å². The first-order chi connectivity index (χ1) is 12.5. The van der Waals surface area contributed by atoms with Crippen molar-refractivity contribution >= 4 is 17.5 Å². The third-order valence-corrected chi connectivity index (χ3v) is 5.39. The number of aromatic nitrogens is 2. The summed E-state index contributed by atoms with van der Waals surface area (Å²) >= 11 is 0. The highest BCUT2D eigenvalue weighted by molar-refractivity contribution is 6.01. The number of fused-ring (bicyclic) bond motifs is 1. The van der Waals surface area contributed by atoms with E-state index in [-0.39, 0.29) is 24.4 Å². The lowest BCUT2D eigenvalue weighted by atomic mass is 10.0. The van der Waals surface area contributed by atoms with E-state index < -0.39 is 0 Å². The Morgan fingerprint density at radius 1 is 1.23 bits per heavy atom. The predicted molar refractivity (Wildman–Crippen MR) is 99.1 cm³/mol. The molecule has 0 N–H and O–H groups in total. The maximum atomic E-state index is 12.8. The lowest BCUT2D eigenvalue weighted by Gasteiger charge is -2.30. The highest BCUT2D eigenvalue weighted by atomic mass is 16.2. The first-order valence-corrected chi connectivity index (χ1v) is 9.22. The number of hydrogen-bond donors (Lipinski definition) is 0. The van der Waals surface area contributed by atoms with Gasteiger partial charge in [-0.3, -0.25) is 14.3 Å². The zero-order valence-corrected chi connectivity index (χ0v) is 15.3. The topological polar surface area (TPSA) is 58.4 Å². The summed E-state index contributed by atoms with van der Waals surface area (Å²) in [4.78, 5) is 28.7. The molecule has 1 fully saturated rings. The maximum absolute atomic E-state index is 12.8. The second-order valence-electron chi connectivity index (χ2n) is 7.26. The van der Waals surface area contributed by atoms with Gasteiger partial charge in [0, 0.05) is 30.9 Å². The van der Waals surface area contributed by atoms with Crippen molar-refractivity contribution in [3.63, 3.8) is 0 Å². The molecule has 0 unspecified atom stereocenters. The highest BCUT2D eigenvalue weighted by Gasteiger charge is 2.32. The summed E-state index contributed by atoms with van der Waals surface area (Å²) in [6, 6.07) is 10.2. The van der Waals surface area contributed by atoms with Crippen LogP contribution in [0.4, 0.5) is 5.69 Å². The molecule has 2 aliphatic heterocycles. The quantitative estimate of drug-likeness (QED) is 0.851. The van der Waals surface area contributed by atoms with Crippen molar-refractivity contribution in [1.29, 1.82) is 0 Å². The summed E-state index contributed by atoms with van der Waals surface area (Å²) in [6.07, 6.45) is 2.13. The standard InChI is InChI=1S/C20H24N4O2/c1-14-11-15(2)24(21-14)17-9-10-22(12-17)20(26)13-23-18-6-4-3-5-16(18)7-8-19(23)25/h3-6,11,17H,7-10,12-13H2,1-2H3/t17-/m0/s1. The number of benzene rings is 1. The minimum absolute atomic E-state index is 0.0130. The minimum Gasteiger partial charge on any atom is -0.339 e. The van der Waals surface area contributed by atoms with E-state index in [1.54, 1.807) is 4.90 Å². The number of amides is 2. The normalized spacial score (nSPS) is 19.8. The third kappa shape index (κ3) is 3.00. The fourth-order valence-corrected chi connectivity index (χ4v) is 4.09. The molecule has 0 aliphatic carbocycles. The van der Waals surface area contributed by atoms with E-state index in [0.29, 0.717) is 19.5 Å². The van der Waals surface area contributed by atoms with Crippen molar-refractivity contribution in [3.8, 4) is 0 Å². The Balaban J connectivity index is 1.46. The number of para-hydroxylation sites is 1. The largest absolute Gasteiger partial charge is 0.339 e. The molecule has 0 spiro atoms. The molecule has 1 aromatic carbocycles. The van der Waals surface area contributed by atoms with Gasteiger partial charge in [0.2, 0.25) is 11.8 Å². The monoisotopic (exact) mass is 352 g/mol. The molecular weight excluding hydrogens is 328 g/mol. The van der Waals surface area contributed by atoms with E-state index in [4.69, 9.17) is 0 Å². The summed E-state index contributed by atoms with van der Waals surface area (Å²) in [5.41, 5.74) is 4.15. The van der Waals surface area contributed by atoms with Crippen molar-refractivity contribution in [3.05, 3.63) is 47.3 Å². The number of likely N-dealkylation sites (tertiary alicyclic amines) is 1. The Labute approximate surface area is 153 Å². The zero-order valence-electron chi connectivity index (χ0n) is 15.3. The Morgan fingerprint density at radius 2 is 2.04 bits per heavy atom. The molecule has 2 amide bonds. The molecule has 1 atom stereocenters. The lowest BCUT2D eigenvalue weighted by molar-refractivity contribution is -0.130. The molecule has 6 heteroatoms. The van der Waals surface area contributed by atoms with E-state index in [1.807, 2.05) is 47.7 Å². The van der Waals surface area contributed by atoms with Crippen molar-refractivity contribution in [2.45, 2.75) is 39.2 Å². The van der Waals surface area contributed by atoms with Gasteiger partial charge in [0.15, 0.2) is 0 Å². The first kappa shape index (κ1) is 16.8. The lowest BCUT2D eigenvalue weighted by Crippen LogP contribution is -2.44. The van der Waals surface area contributed by atoms with Gasteiger partial charge in [0.05, 0.1) is 11.7 Å². The number of aryl methyl sites for hydroxylation is 3. The molecular formula is C20H24N4O2. The van der Waals surface area contributed by atoms with Gasteiger partial charge in [-0.25, -0.2) is 0 Å². The fourth-order valence-electron chi connectivity index (χ4n) is 4.09. The first-order valence-electron chi connectivity index (χ1n) is 9.22. The molecule has 1 aromatic heterocycles. The number of anilines is 1. The van der Waals surface area contributed by atoms with Gasteiger partial charge in [-0.05, 0) is 44.4 Å². The molecule has 4 rings (SSSR count). The van der Waals surface area contributed by atoms with Crippen molar-refractivity contribution in [2.75, 3.05) is 24.5 Å². The molecule has 136 valence electrons. The van der Waals surface area contributed by atoms with Crippen LogP contribution in [0.3, 0.4) is 0 Å². The third-order valence-electron chi connectivity index (χ3n) is 5.39. The van der Waals surface area contributed by atoms with Crippen LogP contribution in [0.5, 0.6) is 0 Å². The second kappa shape index (κ2) is 6.59. The Kier molecular flexibility index (Phi) is 4.26. The number of hydrogen-bond acceptors (Lipinski definition) is 3. The van der Waals surface area contributed by atoms with E-state index in [9.17, 15) is 9.59 Å². The van der Waals surface area contributed by atoms with Crippen molar-refractivity contribution in [1.82, 2.24) is 14.7 Å². The number of rotatable bonds is 3. The summed E-state index contributed by atoms with van der Waals surface area (Å²) < 4.78 is 2.03. The van der Waals surface area contributed by atoms with E-state index in [2.05, 4.69) is 11.2 Å². The fraction of sp³-hybridized carbons (Fsp3) is 0.450.